The first-order chi connectivity index (χ1) is 12.2. The number of thiophene rings is 1. The third-order valence-electron chi connectivity index (χ3n) is 5.17. The molecule has 2 aliphatic rings. The van der Waals surface area contributed by atoms with Crippen molar-refractivity contribution in [2.45, 2.75) is 38.8 Å². The average Bonchev–Trinajstić information content (AvgIpc) is 3.08. The van der Waals surface area contributed by atoms with Crippen molar-refractivity contribution in [1.82, 2.24) is 10.2 Å². The number of ether oxygens (including phenoxy) is 1. The van der Waals surface area contributed by atoms with Gasteiger partial charge in [0.1, 0.15) is 12.4 Å². The average molecular weight is 356 g/mol. The number of nitrogens with one attached hydrogen (secondary N) is 1. The number of amides is 1. The first kappa shape index (κ1) is 16.6. The largest absolute Gasteiger partial charge is 0.488 e. The van der Waals surface area contributed by atoms with E-state index in [1.165, 1.54) is 19.3 Å². The third kappa shape index (κ3) is 3.44. The Morgan fingerprint density at radius 3 is 3.12 bits per heavy atom. The van der Waals surface area contributed by atoms with Gasteiger partial charge in [0.05, 0.1) is 4.88 Å². The molecule has 2 aliphatic heterocycles. The van der Waals surface area contributed by atoms with E-state index in [4.69, 9.17) is 4.74 Å². The molecule has 1 N–H and O–H groups in total. The fourth-order valence-corrected chi connectivity index (χ4v) is 4.81. The standard InChI is InChI=1S/C20H24N2O2S/c1-14-6-4-5-10-22(14)11-9-21-20(23)18-12-15-13-24-17-8-3-2-7-16(17)19(15)25-18/h2-3,7-8,12,14H,4-6,9-11,13H2,1H3,(H,21,23). The lowest BCUT2D eigenvalue weighted by Crippen LogP contribution is -2.42. The molecular weight excluding hydrogens is 332 g/mol. The summed E-state index contributed by atoms with van der Waals surface area (Å²) in [6.07, 6.45) is 3.87. The quantitative estimate of drug-likeness (QED) is 0.903. The molecule has 5 heteroatoms. The van der Waals surface area contributed by atoms with E-state index in [0.717, 1.165) is 39.7 Å². The van der Waals surface area contributed by atoms with E-state index in [2.05, 4.69) is 23.2 Å². The number of hydrogen-bond donors (Lipinski definition) is 1. The van der Waals surface area contributed by atoms with Crippen LogP contribution in [-0.4, -0.2) is 36.5 Å². The summed E-state index contributed by atoms with van der Waals surface area (Å²) in [5, 5.41) is 3.09. The summed E-state index contributed by atoms with van der Waals surface area (Å²) in [6, 6.07) is 10.6. The molecule has 0 bridgehead atoms. The lowest BCUT2D eigenvalue weighted by Gasteiger charge is -2.33. The fraction of sp³-hybridized carbons (Fsp3) is 0.450. The van der Waals surface area contributed by atoms with Crippen LogP contribution in [0.1, 0.15) is 41.4 Å². The lowest BCUT2D eigenvalue weighted by molar-refractivity contribution is 0.0942. The van der Waals surface area contributed by atoms with Crippen molar-refractivity contribution in [3.8, 4) is 16.2 Å². The molecule has 0 spiro atoms. The highest BCUT2D eigenvalue weighted by Crippen LogP contribution is 2.42. The number of para-hydroxylation sites is 1. The maximum absolute atomic E-state index is 12.5. The number of piperidine rings is 1. The summed E-state index contributed by atoms with van der Waals surface area (Å²) >= 11 is 1.57. The molecule has 4 nitrogen and oxygen atoms in total. The minimum absolute atomic E-state index is 0.0292. The van der Waals surface area contributed by atoms with Crippen molar-refractivity contribution in [2.75, 3.05) is 19.6 Å². The number of nitrogens with zero attached hydrogens (tertiary/aromatic N) is 1. The Labute approximate surface area is 152 Å². The van der Waals surface area contributed by atoms with Crippen molar-refractivity contribution in [3.05, 3.63) is 40.8 Å². The Hall–Kier alpha value is -1.85. The van der Waals surface area contributed by atoms with Crippen LogP contribution in [0, 0.1) is 0 Å². The molecule has 1 aromatic heterocycles. The van der Waals surface area contributed by atoms with Crippen LogP contribution < -0.4 is 10.1 Å². The molecule has 1 saturated heterocycles. The molecule has 1 aromatic carbocycles. The second-order valence-corrected chi connectivity index (χ2v) is 7.94. The maximum Gasteiger partial charge on any atom is 0.261 e. The van der Waals surface area contributed by atoms with Crippen molar-refractivity contribution < 1.29 is 9.53 Å². The van der Waals surface area contributed by atoms with E-state index >= 15 is 0 Å². The normalized spacial score (nSPS) is 19.6. The molecule has 1 fully saturated rings. The van der Waals surface area contributed by atoms with Crippen molar-refractivity contribution in [1.29, 1.82) is 0 Å². The predicted octanol–water partition coefficient (Wildman–Crippen LogP) is 3.91. The Morgan fingerprint density at radius 1 is 1.36 bits per heavy atom. The molecule has 132 valence electrons. The summed E-state index contributed by atoms with van der Waals surface area (Å²) in [5.74, 6) is 0.935. The predicted molar refractivity (Wildman–Crippen MR) is 101 cm³/mol. The second-order valence-electron chi connectivity index (χ2n) is 6.89. The van der Waals surface area contributed by atoms with Gasteiger partial charge in [0.2, 0.25) is 0 Å². The zero-order valence-electron chi connectivity index (χ0n) is 14.6. The fourth-order valence-electron chi connectivity index (χ4n) is 3.70. The Bertz CT molecular complexity index is 771. The highest BCUT2D eigenvalue weighted by molar-refractivity contribution is 7.17. The molecule has 4 rings (SSSR count). The minimum atomic E-state index is 0.0292. The van der Waals surface area contributed by atoms with Gasteiger partial charge in [0.25, 0.3) is 5.91 Å². The zero-order chi connectivity index (χ0) is 17.2. The number of carbonyl (C=O) groups is 1. The Kier molecular flexibility index (Phi) is 4.77. The van der Waals surface area contributed by atoms with Crippen LogP contribution in [0.2, 0.25) is 0 Å². The number of benzene rings is 1. The van der Waals surface area contributed by atoms with Crippen LogP contribution >= 0.6 is 11.3 Å². The van der Waals surface area contributed by atoms with Crippen LogP contribution in [0.4, 0.5) is 0 Å². The monoisotopic (exact) mass is 356 g/mol. The van der Waals surface area contributed by atoms with Gasteiger partial charge in [-0.1, -0.05) is 18.6 Å². The van der Waals surface area contributed by atoms with Crippen LogP contribution in [0.3, 0.4) is 0 Å². The van der Waals surface area contributed by atoms with Crippen LogP contribution in [0.5, 0.6) is 5.75 Å². The van der Waals surface area contributed by atoms with Crippen molar-refractivity contribution in [2.24, 2.45) is 0 Å². The molecule has 1 unspecified atom stereocenters. The second kappa shape index (κ2) is 7.18. The van der Waals surface area contributed by atoms with Gasteiger partial charge in [-0.25, -0.2) is 0 Å². The topological polar surface area (TPSA) is 41.6 Å². The summed E-state index contributed by atoms with van der Waals surface area (Å²) in [4.78, 5) is 17.0. The molecule has 3 heterocycles. The van der Waals surface area contributed by atoms with E-state index in [-0.39, 0.29) is 5.91 Å². The van der Waals surface area contributed by atoms with Gasteiger partial charge in [-0.15, -0.1) is 11.3 Å². The molecule has 0 aliphatic carbocycles. The number of carbonyl (C=O) groups excluding carboxylic acids is 1. The molecule has 0 saturated carbocycles. The smallest absolute Gasteiger partial charge is 0.261 e. The van der Waals surface area contributed by atoms with Crippen LogP contribution in [0.25, 0.3) is 10.4 Å². The minimum Gasteiger partial charge on any atom is -0.488 e. The molecular formula is C20H24N2O2S. The number of fused-ring (bicyclic) bond motifs is 3. The Morgan fingerprint density at radius 2 is 2.24 bits per heavy atom. The van der Waals surface area contributed by atoms with E-state index in [9.17, 15) is 4.79 Å². The van der Waals surface area contributed by atoms with Crippen molar-refractivity contribution >= 4 is 17.2 Å². The summed E-state index contributed by atoms with van der Waals surface area (Å²) in [7, 11) is 0. The van der Waals surface area contributed by atoms with Gasteiger partial charge in [-0.2, -0.15) is 0 Å². The van der Waals surface area contributed by atoms with Gasteiger partial charge in [-0.3, -0.25) is 9.69 Å². The van der Waals surface area contributed by atoms with E-state index < -0.39 is 0 Å². The molecule has 1 atom stereocenters. The van der Waals surface area contributed by atoms with Gasteiger partial charge in [0.15, 0.2) is 0 Å². The first-order valence-electron chi connectivity index (χ1n) is 9.09. The highest BCUT2D eigenvalue weighted by atomic mass is 32.1. The molecule has 0 radical (unpaired) electrons. The van der Waals surface area contributed by atoms with E-state index in [1.54, 1.807) is 11.3 Å². The summed E-state index contributed by atoms with van der Waals surface area (Å²) in [5.41, 5.74) is 2.20. The van der Waals surface area contributed by atoms with Crippen LogP contribution in [0.15, 0.2) is 30.3 Å². The molecule has 2 aromatic rings. The molecule has 1 amide bonds. The SMILES string of the molecule is CC1CCCCN1CCNC(=O)c1cc2c(s1)-c1ccccc1OC2. The third-order valence-corrected chi connectivity index (χ3v) is 6.38. The van der Waals surface area contributed by atoms with Gasteiger partial charge >= 0.3 is 0 Å². The van der Waals surface area contributed by atoms with Gasteiger partial charge < -0.3 is 10.1 Å². The van der Waals surface area contributed by atoms with E-state index in [1.807, 2.05) is 24.3 Å². The number of hydrogen-bond acceptors (Lipinski definition) is 4. The summed E-state index contributed by atoms with van der Waals surface area (Å²) in [6.45, 7) is 5.62. The van der Waals surface area contributed by atoms with Crippen LogP contribution in [-0.2, 0) is 6.61 Å². The highest BCUT2D eigenvalue weighted by Gasteiger charge is 2.23. The van der Waals surface area contributed by atoms with E-state index in [0.29, 0.717) is 19.2 Å². The maximum atomic E-state index is 12.5. The van der Waals surface area contributed by atoms with Gasteiger partial charge in [-0.05, 0) is 44.5 Å². The van der Waals surface area contributed by atoms with Crippen molar-refractivity contribution in [3.63, 3.8) is 0 Å². The number of likely N-dealkylation sites (tertiary alicyclic amines) is 1. The molecule has 25 heavy (non-hydrogen) atoms. The summed E-state index contributed by atoms with van der Waals surface area (Å²) < 4.78 is 5.78. The number of rotatable bonds is 4. The first-order valence-corrected chi connectivity index (χ1v) is 9.91. The van der Waals surface area contributed by atoms with Gasteiger partial charge in [0, 0.05) is 35.1 Å². The lowest BCUT2D eigenvalue weighted by atomic mass is 10.0. The zero-order valence-corrected chi connectivity index (χ0v) is 15.4. The Balaban J connectivity index is 1.40.